The maximum atomic E-state index is 13.9. The van der Waals surface area contributed by atoms with Crippen LogP contribution < -0.4 is 0 Å². The van der Waals surface area contributed by atoms with E-state index >= 15 is 0 Å². The number of phenolic OH excluding ortho intramolecular Hbond substituents is 2. The lowest BCUT2D eigenvalue weighted by Crippen LogP contribution is -2.64. The van der Waals surface area contributed by atoms with E-state index in [0.717, 1.165) is 0 Å². The van der Waals surface area contributed by atoms with E-state index in [1.54, 1.807) is 53.7 Å². The molecule has 1 aromatic rings. The van der Waals surface area contributed by atoms with Crippen LogP contribution in [0.15, 0.2) is 58.7 Å². The van der Waals surface area contributed by atoms with Gasteiger partial charge in [0.05, 0.1) is 47.5 Å². The largest absolute Gasteiger partial charge is 0.505 e. The van der Waals surface area contributed by atoms with Crippen molar-refractivity contribution in [1.82, 2.24) is 0 Å². The molecule has 0 spiro atoms. The number of methoxy groups -OCH3 is 1. The number of hydrogen-bond donors (Lipinski definition) is 7. The number of allylic oxidation sites excluding steroid dienone is 4. The number of cyclic esters (lactones) is 1. The predicted octanol–water partition coefficient (Wildman–Crippen LogP) is 6.23. The molecule has 3 aliphatic heterocycles. The first-order chi connectivity index (χ1) is 33.7. The summed E-state index contributed by atoms with van der Waals surface area (Å²) >= 11 is 12.3. The molecule has 0 bridgehead atoms. The molecule has 3 aliphatic rings. The quantitative estimate of drug-likeness (QED) is 0.0655. The van der Waals surface area contributed by atoms with Gasteiger partial charge in [-0.1, -0.05) is 86.9 Å². The molecule has 2 saturated heterocycles. The Hall–Kier alpha value is -3.89. The summed E-state index contributed by atoms with van der Waals surface area (Å²) in [5.74, 6) is -4.78. The molecule has 1 aromatic carbocycles. The normalized spacial score (nSPS) is 31.5. The number of rotatable bonds is 13. The van der Waals surface area contributed by atoms with Crippen molar-refractivity contribution in [3.8, 4) is 11.5 Å². The summed E-state index contributed by atoms with van der Waals surface area (Å²) in [7, 11) is 1.26. The first-order valence-corrected chi connectivity index (χ1v) is 24.9. The van der Waals surface area contributed by atoms with E-state index in [4.69, 9.17) is 61.1 Å². The third-order valence-electron chi connectivity index (χ3n) is 13.0. The molecule has 20 heteroatoms. The van der Waals surface area contributed by atoms with Crippen molar-refractivity contribution in [2.45, 2.75) is 187 Å². The van der Waals surface area contributed by atoms with Crippen molar-refractivity contribution in [3.05, 3.63) is 79.9 Å². The van der Waals surface area contributed by atoms with Crippen LogP contribution in [0.3, 0.4) is 0 Å². The monoisotopic (exact) mass is 1060 g/mol. The van der Waals surface area contributed by atoms with Crippen LogP contribution in [0.5, 0.6) is 11.5 Å². The number of aliphatic hydroxyl groups is 5. The van der Waals surface area contributed by atoms with Crippen LogP contribution in [0.25, 0.3) is 0 Å². The van der Waals surface area contributed by atoms with Crippen molar-refractivity contribution in [2.75, 3.05) is 13.7 Å². The van der Waals surface area contributed by atoms with Gasteiger partial charge < -0.3 is 73.6 Å². The van der Waals surface area contributed by atoms with Crippen molar-refractivity contribution in [2.24, 2.45) is 11.8 Å². The fraction of sp³-hybridized carbons (Fsp3) is 0.635. The highest BCUT2D eigenvalue weighted by Crippen LogP contribution is 2.45. The Labute approximate surface area is 431 Å². The van der Waals surface area contributed by atoms with Crippen LogP contribution in [0.2, 0.25) is 10.0 Å². The fourth-order valence-corrected chi connectivity index (χ4v) is 9.16. The second-order valence-electron chi connectivity index (χ2n) is 19.4. The zero-order valence-corrected chi connectivity index (χ0v) is 44.5. The number of aromatic hydroxyl groups is 2. The van der Waals surface area contributed by atoms with E-state index in [9.17, 15) is 50.1 Å². The Morgan fingerprint density at radius 3 is 2.17 bits per heavy atom. The van der Waals surface area contributed by atoms with Crippen molar-refractivity contribution in [1.29, 1.82) is 0 Å². The molecule has 2 fully saturated rings. The SMILES string of the molecule is CCc1c(Cl)c(O)c(Cl)c(O)c1C(=O)O[C@H]1[C@H](O)[C@H](OC)[C@H](OCC2=CC=CCC(O)C(C)=CC(CC)[C@@H](OC3OC(C)(C)[C@@H](OC(=O)C(C)C)[C@H](O)[C@@H]3O)C(C)=CC(C)=CCC(C(C)O)OC2=O)O[C@@H]1C. The predicted molar refractivity (Wildman–Crippen MR) is 265 cm³/mol. The summed E-state index contributed by atoms with van der Waals surface area (Å²) in [4.78, 5) is 40.0. The highest BCUT2D eigenvalue weighted by atomic mass is 35.5. The number of hydrogen-bond acceptors (Lipinski definition) is 18. The summed E-state index contributed by atoms with van der Waals surface area (Å²) in [6.45, 7) is 18.1. The molecule has 0 radical (unpaired) electrons. The number of halogens is 2. The van der Waals surface area contributed by atoms with E-state index in [0.29, 0.717) is 23.1 Å². The van der Waals surface area contributed by atoms with Crippen LogP contribution in [-0.4, -0.2) is 153 Å². The van der Waals surface area contributed by atoms with E-state index in [1.807, 2.05) is 32.9 Å². The molecule has 0 saturated carbocycles. The van der Waals surface area contributed by atoms with Crippen LogP contribution in [-0.2, 0) is 53.9 Å². The lowest BCUT2D eigenvalue weighted by atomic mass is 9.88. The van der Waals surface area contributed by atoms with E-state index in [2.05, 4.69) is 0 Å². The third-order valence-corrected chi connectivity index (χ3v) is 13.8. The highest BCUT2D eigenvalue weighted by molar-refractivity contribution is 6.39. The topological polar surface area (TPSA) is 267 Å². The molecule has 14 atom stereocenters. The Morgan fingerprint density at radius 2 is 1.57 bits per heavy atom. The number of carbonyl (C=O) groups is 3. The van der Waals surface area contributed by atoms with Gasteiger partial charge in [0.1, 0.15) is 46.7 Å². The van der Waals surface area contributed by atoms with Gasteiger partial charge in [-0.3, -0.25) is 4.79 Å². The molecular formula is C52H74Cl2O18. The van der Waals surface area contributed by atoms with Gasteiger partial charge >= 0.3 is 17.9 Å². The molecule has 4 rings (SSSR count). The van der Waals surface area contributed by atoms with E-state index in [-0.39, 0.29) is 35.4 Å². The number of benzene rings is 1. The van der Waals surface area contributed by atoms with Gasteiger partial charge in [-0.05, 0) is 90.5 Å². The number of esters is 3. The van der Waals surface area contributed by atoms with Crippen LogP contribution >= 0.6 is 23.2 Å². The first kappa shape index (κ1) is 60.7. The van der Waals surface area contributed by atoms with Crippen molar-refractivity contribution in [3.63, 3.8) is 0 Å². The fourth-order valence-electron chi connectivity index (χ4n) is 8.60. The zero-order chi connectivity index (χ0) is 54.1. The highest BCUT2D eigenvalue weighted by Gasteiger charge is 2.53. The molecular weight excluding hydrogens is 983 g/mol. The van der Waals surface area contributed by atoms with Gasteiger partial charge in [0, 0.05) is 19.4 Å². The Balaban J connectivity index is 1.61. The maximum absolute atomic E-state index is 13.9. The molecule has 18 nitrogen and oxygen atoms in total. The van der Waals surface area contributed by atoms with Gasteiger partial charge in [0.25, 0.3) is 0 Å². The summed E-state index contributed by atoms with van der Waals surface area (Å²) in [6.07, 6.45) is -5.45. The van der Waals surface area contributed by atoms with Crippen LogP contribution in [0, 0.1) is 11.8 Å². The van der Waals surface area contributed by atoms with E-state index < -0.39 is 144 Å². The first-order valence-electron chi connectivity index (χ1n) is 24.2. The number of phenols is 2. The molecule has 72 heavy (non-hydrogen) atoms. The number of ether oxygens (including phenoxy) is 8. The maximum Gasteiger partial charge on any atom is 0.342 e. The van der Waals surface area contributed by atoms with Crippen LogP contribution in [0.1, 0.15) is 111 Å². The zero-order valence-electron chi connectivity index (χ0n) is 43.0. The standard InChI is InChI=1S/C52H74Cl2O18/c1-13-30-22-26(6)33(56)18-16-15-17-31(23-66-51-45(65-12)42(61)44(29(9)67-51)69-49(64)35-32(14-2)36(53)39(58)37(54)38(35)57)48(63)68-34(28(8)55)20-19-25(5)21-27(7)43(30)70-50-41(60)40(59)46(52(10,11)72-50)71-47(62)24(3)4/h15-17,19,21-22,24,28-30,33-34,40-46,50-51,55-61H,13-14,18,20,23H2,1-12H3/t28?,29-,30?,33?,34?,40-,41+,42+,43+,44-,45+,46+,50?,51-/m1/s1. The van der Waals surface area contributed by atoms with Gasteiger partial charge in [0.2, 0.25) is 0 Å². The van der Waals surface area contributed by atoms with Gasteiger partial charge in [-0.2, -0.15) is 0 Å². The molecule has 3 heterocycles. The molecule has 404 valence electrons. The third kappa shape index (κ3) is 14.7. The minimum Gasteiger partial charge on any atom is -0.505 e. The number of carbonyl (C=O) groups excluding carboxylic acids is 3. The number of aliphatic hydroxyl groups excluding tert-OH is 5. The molecule has 0 aliphatic carbocycles. The van der Waals surface area contributed by atoms with Gasteiger partial charge in [0.15, 0.2) is 36.3 Å². The second-order valence-corrected chi connectivity index (χ2v) is 20.1. The second kappa shape index (κ2) is 26.5. The summed E-state index contributed by atoms with van der Waals surface area (Å²) in [6, 6.07) is 0. The van der Waals surface area contributed by atoms with Crippen LogP contribution in [0.4, 0.5) is 0 Å². The molecule has 0 aromatic heterocycles. The minimum absolute atomic E-state index is 0.0372. The van der Waals surface area contributed by atoms with Gasteiger partial charge in [-0.15, -0.1) is 0 Å². The molecule has 5 unspecified atom stereocenters. The van der Waals surface area contributed by atoms with Crippen molar-refractivity contribution < 1.29 is 88.0 Å². The lowest BCUT2D eigenvalue weighted by molar-refractivity contribution is -0.333. The summed E-state index contributed by atoms with van der Waals surface area (Å²) in [5, 5.41) is 76.5. The molecule has 0 amide bonds. The average Bonchev–Trinajstić information content (AvgIpc) is 3.32. The minimum atomic E-state index is -1.61. The Morgan fingerprint density at radius 1 is 0.903 bits per heavy atom. The lowest BCUT2D eigenvalue weighted by Gasteiger charge is -2.47. The molecule has 7 N–H and O–H groups in total. The average molecular weight is 1060 g/mol. The summed E-state index contributed by atoms with van der Waals surface area (Å²) in [5.41, 5.74) is 0.318. The van der Waals surface area contributed by atoms with Gasteiger partial charge in [-0.25, -0.2) is 9.59 Å². The Bertz CT molecular complexity index is 2220. The summed E-state index contributed by atoms with van der Waals surface area (Å²) < 4.78 is 47.5. The smallest absolute Gasteiger partial charge is 0.342 e. The van der Waals surface area contributed by atoms with E-state index in [1.165, 1.54) is 33.1 Å². The Kier molecular flexibility index (Phi) is 22.4. The van der Waals surface area contributed by atoms with Crippen molar-refractivity contribution >= 4 is 41.1 Å².